The number of carbonyl (C=O) groups is 1. The first-order chi connectivity index (χ1) is 9.61. The van der Waals surface area contributed by atoms with Gasteiger partial charge in [-0.15, -0.1) is 0 Å². The Kier molecular flexibility index (Phi) is 5.05. The quantitative estimate of drug-likeness (QED) is 0.750. The van der Waals surface area contributed by atoms with Crippen LogP contribution in [0, 0.1) is 0 Å². The van der Waals surface area contributed by atoms with Gasteiger partial charge < -0.3 is 4.74 Å². The first-order valence-corrected chi connectivity index (χ1v) is 7.06. The largest absolute Gasteiger partial charge is 0.457 e. The van der Waals surface area contributed by atoms with Crippen LogP contribution in [0.15, 0.2) is 42.5 Å². The summed E-state index contributed by atoms with van der Waals surface area (Å²) in [7, 11) is 0. The summed E-state index contributed by atoms with van der Waals surface area (Å²) in [6.45, 7) is 2.12. The van der Waals surface area contributed by atoms with Crippen LogP contribution >= 0.6 is 23.2 Å². The molecular formula is C16H14Cl2O2. The number of aryl methyl sites for hydroxylation is 1. The van der Waals surface area contributed by atoms with Gasteiger partial charge in [0.2, 0.25) is 0 Å². The zero-order chi connectivity index (χ0) is 14.5. The van der Waals surface area contributed by atoms with Crippen molar-refractivity contribution in [2.24, 2.45) is 0 Å². The molecule has 2 rings (SSSR count). The highest BCUT2D eigenvalue weighted by Crippen LogP contribution is 2.25. The average molecular weight is 309 g/mol. The Morgan fingerprint density at radius 3 is 2.20 bits per heavy atom. The highest BCUT2D eigenvalue weighted by atomic mass is 35.5. The Bertz CT molecular complexity index is 586. The van der Waals surface area contributed by atoms with Gasteiger partial charge in [0.15, 0.2) is 0 Å². The van der Waals surface area contributed by atoms with E-state index in [9.17, 15) is 4.79 Å². The maximum Gasteiger partial charge on any atom is 0.338 e. The summed E-state index contributed by atoms with van der Waals surface area (Å²) in [5.74, 6) is -0.386. The minimum Gasteiger partial charge on any atom is -0.457 e. The lowest BCUT2D eigenvalue weighted by atomic mass is 10.1. The summed E-state index contributed by atoms with van der Waals surface area (Å²) >= 11 is 12.0. The first-order valence-electron chi connectivity index (χ1n) is 6.30. The number of hydrogen-bond acceptors (Lipinski definition) is 2. The third-order valence-electron chi connectivity index (χ3n) is 3.01. The Hall–Kier alpha value is -1.51. The van der Waals surface area contributed by atoms with E-state index in [1.165, 1.54) is 5.56 Å². The summed E-state index contributed by atoms with van der Waals surface area (Å²) < 4.78 is 5.24. The summed E-state index contributed by atoms with van der Waals surface area (Å²) in [6, 6.07) is 12.5. The van der Waals surface area contributed by atoms with Gasteiger partial charge in [-0.25, -0.2) is 4.79 Å². The van der Waals surface area contributed by atoms with Crippen LogP contribution in [-0.2, 0) is 17.8 Å². The van der Waals surface area contributed by atoms with Crippen LogP contribution in [0.2, 0.25) is 10.0 Å². The van der Waals surface area contributed by atoms with Gasteiger partial charge in [0.25, 0.3) is 0 Å². The van der Waals surface area contributed by atoms with Crippen molar-refractivity contribution in [3.8, 4) is 0 Å². The fraction of sp³-hybridized carbons (Fsp3) is 0.188. The van der Waals surface area contributed by atoms with E-state index in [0.29, 0.717) is 21.2 Å². The van der Waals surface area contributed by atoms with E-state index >= 15 is 0 Å². The van der Waals surface area contributed by atoms with E-state index in [1.807, 2.05) is 12.1 Å². The van der Waals surface area contributed by atoms with Crippen molar-refractivity contribution in [2.75, 3.05) is 0 Å². The monoisotopic (exact) mass is 308 g/mol. The fourth-order valence-electron chi connectivity index (χ4n) is 1.77. The highest BCUT2D eigenvalue weighted by molar-refractivity contribution is 6.35. The van der Waals surface area contributed by atoms with Gasteiger partial charge in [0, 0.05) is 15.6 Å². The van der Waals surface area contributed by atoms with Gasteiger partial charge in [0.05, 0.1) is 5.56 Å². The molecule has 2 aromatic rings. The summed E-state index contributed by atoms with van der Waals surface area (Å²) in [5, 5.41) is 0.985. The van der Waals surface area contributed by atoms with Gasteiger partial charge in [-0.3, -0.25) is 0 Å². The van der Waals surface area contributed by atoms with E-state index in [-0.39, 0.29) is 12.6 Å². The van der Waals surface area contributed by atoms with Crippen LogP contribution in [0.5, 0.6) is 0 Å². The summed E-state index contributed by atoms with van der Waals surface area (Å²) in [4.78, 5) is 11.9. The molecule has 0 saturated carbocycles. The molecule has 0 heterocycles. The van der Waals surface area contributed by atoms with Crippen LogP contribution in [0.1, 0.15) is 28.4 Å². The smallest absolute Gasteiger partial charge is 0.338 e. The second kappa shape index (κ2) is 6.78. The van der Waals surface area contributed by atoms with Crippen LogP contribution in [0.4, 0.5) is 0 Å². The Morgan fingerprint density at radius 1 is 1.05 bits per heavy atom. The minimum absolute atomic E-state index is 0.0624. The molecule has 2 aromatic carbocycles. The standard InChI is InChI=1S/C16H14Cl2O2/c1-2-11-6-8-12(9-7-11)16(19)20-10-13-14(17)4-3-5-15(13)18/h3-9H,2,10H2,1H3. The molecule has 0 fully saturated rings. The molecule has 0 bridgehead atoms. The molecule has 0 amide bonds. The Labute approximate surface area is 128 Å². The predicted octanol–water partition coefficient (Wildman–Crippen LogP) is 4.91. The summed E-state index contributed by atoms with van der Waals surface area (Å²) in [5.41, 5.74) is 2.32. The lowest BCUT2D eigenvalue weighted by Crippen LogP contribution is -2.06. The number of ether oxygens (including phenoxy) is 1. The molecule has 0 aromatic heterocycles. The van der Waals surface area contributed by atoms with Crippen molar-refractivity contribution >= 4 is 29.2 Å². The molecule has 0 unspecified atom stereocenters. The number of rotatable bonds is 4. The van der Waals surface area contributed by atoms with E-state index in [0.717, 1.165) is 6.42 Å². The van der Waals surface area contributed by atoms with Crippen LogP contribution in [-0.4, -0.2) is 5.97 Å². The van der Waals surface area contributed by atoms with Crippen molar-refractivity contribution in [3.63, 3.8) is 0 Å². The number of benzene rings is 2. The highest BCUT2D eigenvalue weighted by Gasteiger charge is 2.11. The van der Waals surface area contributed by atoms with Crippen LogP contribution in [0.25, 0.3) is 0 Å². The van der Waals surface area contributed by atoms with Gasteiger partial charge in [-0.2, -0.15) is 0 Å². The number of esters is 1. The molecule has 0 aliphatic carbocycles. The second-order valence-electron chi connectivity index (χ2n) is 4.33. The van der Waals surface area contributed by atoms with Crippen molar-refractivity contribution in [3.05, 3.63) is 69.2 Å². The number of hydrogen-bond donors (Lipinski definition) is 0. The molecule has 0 aliphatic rings. The molecule has 104 valence electrons. The molecule has 20 heavy (non-hydrogen) atoms. The van der Waals surface area contributed by atoms with E-state index < -0.39 is 0 Å². The fourth-order valence-corrected chi connectivity index (χ4v) is 2.27. The van der Waals surface area contributed by atoms with E-state index in [1.54, 1.807) is 30.3 Å². The molecule has 4 heteroatoms. The normalized spacial score (nSPS) is 10.3. The lowest BCUT2D eigenvalue weighted by molar-refractivity contribution is 0.0473. The Balaban J connectivity index is 2.04. The predicted molar refractivity (Wildman–Crippen MR) is 81.4 cm³/mol. The lowest BCUT2D eigenvalue weighted by Gasteiger charge is -2.08. The molecule has 0 radical (unpaired) electrons. The van der Waals surface area contributed by atoms with Gasteiger partial charge in [-0.05, 0) is 36.2 Å². The molecule has 0 saturated heterocycles. The topological polar surface area (TPSA) is 26.3 Å². The first kappa shape index (κ1) is 14.9. The second-order valence-corrected chi connectivity index (χ2v) is 5.14. The third-order valence-corrected chi connectivity index (χ3v) is 3.72. The number of halogens is 2. The zero-order valence-corrected chi connectivity index (χ0v) is 12.5. The maximum absolute atomic E-state index is 11.9. The SMILES string of the molecule is CCc1ccc(C(=O)OCc2c(Cl)cccc2Cl)cc1. The molecular weight excluding hydrogens is 295 g/mol. The van der Waals surface area contributed by atoms with Gasteiger partial charge in [0.1, 0.15) is 6.61 Å². The van der Waals surface area contributed by atoms with Crippen LogP contribution < -0.4 is 0 Å². The van der Waals surface area contributed by atoms with Crippen molar-refractivity contribution < 1.29 is 9.53 Å². The molecule has 0 aliphatic heterocycles. The van der Waals surface area contributed by atoms with Crippen molar-refractivity contribution in [1.82, 2.24) is 0 Å². The average Bonchev–Trinajstić information content (AvgIpc) is 2.46. The maximum atomic E-state index is 11.9. The summed E-state index contributed by atoms with van der Waals surface area (Å²) in [6.07, 6.45) is 0.935. The van der Waals surface area contributed by atoms with Gasteiger partial charge in [-0.1, -0.05) is 48.3 Å². The van der Waals surface area contributed by atoms with Crippen molar-refractivity contribution in [1.29, 1.82) is 0 Å². The molecule has 0 N–H and O–H groups in total. The Morgan fingerprint density at radius 2 is 1.65 bits per heavy atom. The third kappa shape index (κ3) is 3.53. The molecule has 0 spiro atoms. The zero-order valence-electron chi connectivity index (χ0n) is 11.0. The van der Waals surface area contributed by atoms with E-state index in [4.69, 9.17) is 27.9 Å². The van der Waals surface area contributed by atoms with Crippen molar-refractivity contribution in [2.45, 2.75) is 20.0 Å². The molecule has 2 nitrogen and oxygen atoms in total. The minimum atomic E-state index is -0.386. The molecule has 0 atom stereocenters. The number of carbonyl (C=O) groups excluding carboxylic acids is 1. The van der Waals surface area contributed by atoms with Crippen LogP contribution in [0.3, 0.4) is 0 Å². The van der Waals surface area contributed by atoms with Gasteiger partial charge >= 0.3 is 5.97 Å². The van der Waals surface area contributed by atoms with E-state index in [2.05, 4.69) is 6.92 Å².